The molecule has 3 aromatic rings. The maximum absolute atomic E-state index is 13.9. The molecule has 9 heteroatoms. The fraction of sp³-hybridized carbons (Fsp3) is 0.391. The topological polar surface area (TPSA) is 80.0 Å². The Morgan fingerprint density at radius 3 is 2.47 bits per heavy atom. The fourth-order valence-corrected chi connectivity index (χ4v) is 4.55. The minimum absolute atomic E-state index is 0.0291. The molecule has 4 rings (SSSR count). The molecule has 0 unspecified atom stereocenters. The van der Waals surface area contributed by atoms with Crippen LogP contribution in [0.2, 0.25) is 0 Å². The summed E-state index contributed by atoms with van der Waals surface area (Å²) in [6, 6.07) is 6.00. The van der Waals surface area contributed by atoms with Gasteiger partial charge in [-0.1, -0.05) is 6.92 Å². The smallest absolute Gasteiger partial charge is 0.256 e. The fourth-order valence-electron chi connectivity index (χ4n) is 4.18. The molecular weight excluding hydrogens is 474 g/mol. The molecule has 0 bridgehead atoms. The number of pyridine rings is 1. The lowest BCUT2D eigenvalue weighted by atomic mass is 9.98. The van der Waals surface area contributed by atoms with Crippen molar-refractivity contribution in [3.63, 3.8) is 0 Å². The van der Waals surface area contributed by atoms with Crippen LogP contribution in [0.15, 0.2) is 35.1 Å². The van der Waals surface area contributed by atoms with Crippen molar-refractivity contribution >= 4 is 33.3 Å². The normalized spacial score (nSPS) is 14.2. The molecule has 0 saturated carbocycles. The van der Waals surface area contributed by atoms with E-state index in [4.69, 9.17) is 9.84 Å². The Bertz CT molecular complexity index is 1170. The second-order valence-corrected chi connectivity index (χ2v) is 8.71. The summed E-state index contributed by atoms with van der Waals surface area (Å²) in [5, 5.41) is 4.81. The van der Waals surface area contributed by atoms with Crippen LogP contribution in [0.25, 0.3) is 16.6 Å². The van der Waals surface area contributed by atoms with Crippen LogP contribution < -0.4 is 0 Å². The van der Waals surface area contributed by atoms with Crippen molar-refractivity contribution in [2.75, 3.05) is 33.3 Å². The molecule has 0 aromatic carbocycles. The summed E-state index contributed by atoms with van der Waals surface area (Å²) in [5.41, 5.74) is 4.63. The van der Waals surface area contributed by atoms with Crippen molar-refractivity contribution in [3.05, 3.63) is 52.0 Å². The second-order valence-electron chi connectivity index (χ2n) is 7.80. The largest absolute Gasteiger partial charge is 0.378 e. The Kier molecular flexibility index (Phi) is 6.57. The molecule has 1 aliphatic heterocycles. The number of rotatable bonds is 5. The van der Waals surface area contributed by atoms with Gasteiger partial charge in [-0.25, -0.2) is 4.52 Å². The third kappa shape index (κ3) is 4.14. The number of piperazine rings is 1. The van der Waals surface area contributed by atoms with Crippen LogP contribution >= 0.6 is 15.9 Å². The molecule has 0 atom stereocenters. The highest BCUT2D eigenvalue weighted by molar-refractivity contribution is 9.10. The summed E-state index contributed by atoms with van der Waals surface area (Å²) in [4.78, 5) is 33.5. The number of methoxy groups -OCH3 is 1. The van der Waals surface area contributed by atoms with Crippen molar-refractivity contribution in [1.29, 1.82) is 0 Å². The van der Waals surface area contributed by atoms with E-state index in [9.17, 15) is 9.59 Å². The van der Waals surface area contributed by atoms with Gasteiger partial charge in [-0.05, 0) is 40.5 Å². The zero-order valence-electron chi connectivity index (χ0n) is 18.5. The minimum atomic E-state index is -0.107. The molecule has 0 radical (unpaired) electrons. The van der Waals surface area contributed by atoms with Gasteiger partial charge in [-0.15, -0.1) is 0 Å². The Hall–Kier alpha value is -2.78. The zero-order chi connectivity index (χ0) is 22.8. The van der Waals surface area contributed by atoms with Crippen LogP contribution in [0.3, 0.4) is 0 Å². The van der Waals surface area contributed by atoms with E-state index in [0.29, 0.717) is 37.4 Å². The molecule has 1 aliphatic rings. The van der Waals surface area contributed by atoms with Gasteiger partial charge in [0.25, 0.3) is 5.91 Å². The monoisotopic (exact) mass is 499 g/mol. The Labute approximate surface area is 195 Å². The lowest BCUT2D eigenvalue weighted by Crippen LogP contribution is -2.50. The number of nitrogens with zero attached hydrogens (tertiary/aromatic N) is 5. The van der Waals surface area contributed by atoms with Gasteiger partial charge < -0.3 is 14.5 Å². The van der Waals surface area contributed by atoms with Crippen molar-refractivity contribution in [2.24, 2.45) is 0 Å². The summed E-state index contributed by atoms with van der Waals surface area (Å²) in [5.74, 6) is -0.0779. The molecule has 0 N–H and O–H groups in total. The lowest BCUT2D eigenvalue weighted by Gasteiger charge is -2.35. The Morgan fingerprint density at radius 2 is 1.84 bits per heavy atom. The van der Waals surface area contributed by atoms with E-state index in [0.717, 1.165) is 33.2 Å². The molecule has 8 nitrogen and oxygen atoms in total. The average Bonchev–Trinajstić information content (AvgIpc) is 3.20. The van der Waals surface area contributed by atoms with Crippen LogP contribution in [-0.4, -0.2) is 69.5 Å². The first-order valence-corrected chi connectivity index (χ1v) is 11.4. The summed E-state index contributed by atoms with van der Waals surface area (Å²) >= 11 is 3.51. The second kappa shape index (κ2) is 9.38. The van der Waals surface area contributed by atoms with E-state index in [-0.39, 0.29) is 18.4 Å². The number of ether oxygens (including phenoxy) is 1. The number of carbonyl (C=O) groups is 2. The van der Waals surface area contributed by atoms with Gasteiger partial charge in [0, 0.05) is 73.9 Å². The first kappa shape index (κ1) is 22.4. The van der Waals surface area contributed by atoms with E-state index in [1.165, 1.54) is 0 Å². The van der Waals surface area contributed by atoms with Crippen molar-refractivity contribution in [3.8, 4) is 11.1 Å². The van der Waals surface area contributed by atoms with E-state index >= 15 is 0 Å². The SMILES string of the molecule is CCc1ccc2c(-c3cncc(Br)c3)c(C(=O)N3CCN(C(C)=O)CC3)c(COC)nn12. The number of carbonyl (C=O) groups excluding carboxylic acids is 2. The molecule has 168 valence electrons. The van der Waals surface area contributed by atoms with Crippen molar-refractivity contribution in [2.45, 2.75) is 26.9 Å². The van der Waals surface area contributed by atoms with Gasteiger partial charge in [-0.2, -0.15) is 5.10 Å². The first-order valence-electron chi connectivity index (χ1n) is 10.6. The van der Waals surface area contributed by atoms with Gasteiger partial charge in [0.05, 0.1) is 17.7 Å². The standard InChI is InChI=1S/C23H26BrN5O3/c1-4-18-5-6-20-21(16-11-17(24)13-25-12-16)22(19(14-32-3)26-29(18)20)23(31)28-9-7-27(8-10-28)15(2)30/h5-6,11-13H,4,7-10,14H2,1-3H3. The molecule has 2 amide bonds. The highest BCUT2D eigenvalue weighted by Gasteiger charge is 2.30. The quantitative estimate of drug-likeness (QED) is 0.538. The Balaban J connectivity index is 1.90. The number of halogens is 1. The van der Waals surface area contributed by atoms with Crippen LogP contribution in [0, 0.1) is 0 Å². The molecule has 1 saturated heterocycles. The van der Waals surface area contributed by atoms with Gasteiger partial charge in [0.15, 0.2) is 0 Å². The van der Waals surface area contributed by atoms with Crippen molar-refractivity contribution in [1.82, 2.24) is 24.4 Å². The van der Waals surface area contributed by atoms with E-state index in [1.54, 1.807) is 36.2 Å². The number of fused-ring (bicyclic) bond motifs is 1. The van der Waals surface area contributed by atoms with Crippen molar-refractivity contribution < 1.29 is 14.3 Å². The van der Waals surface area contributed by atoms with Gasteiger partial charge >= 0.3 is 0 Å². The van der Waals surface area contributed by atoms with Gasteiger partial charge in [-0.3, -0.25) is 14.6 Å². The summed E-state index contributed by atoms with van der Waals surface area (Å²) in [7, 11) is 1.60. The lowest BCUT2D eigenvalue weighted by molar-refractivity contribution is -0.130. The molecule has 0 aliphatic carbocycles. The van der Waals surface area contributed by atoms with Gasteiger partial charge in [0.1, 0.15) is 5.69 Å². The summed E-state index contributed by atoms with van der Waals surface area (Å²) in [6.07, 6.45) is 4.29. The third-order valence-electron chi connectivity index (χ3n) is 5.81. The van der Waals surface area contributed by atoms with Gasteiger partial charge in [0.2, 0.25) is 5.91 Å². The first-order chi connectivity index (χ1) is 15.4. The number of hydrogen-bond acceptors (Lipinski definition) is 5. The highest BCUT2D eigenvalue weighted by atomic mass is 79.9. The maximum atomic E-state index is 13.9. The Morgan fingerprint density at radius 1 is 1.12 bits per heavy atom. The van der Waals surface area contributed by atoms with Crippen LogP contribution in [0.5, 0.6) is 0 Å². The summed E-state index contributed by atoms with van der Waals surface area (Å²) in [6.45, 7) is 5.85. The molecule has 3 aromatic heterocycles. The molecule has 0 spiro atoms. The minimum Gasteiger partial charge on any atom is -0.378 e. The van der Waals surface area contributed by atoms with E-state index in [1.807, 2.05) is 22.7 Å². The predicted molar refractivity (Wildman–Crippen MR) is 124 cm³/mol. The zero-order valence-corrected chi connectivity index (χ0v) is 20.1. The maximum Gasteiger partial charge on any atom is 0.256 e. The van der Waals surface area contributed by atoms with E-state index < -0.39 is 0 Å². The van der Waals surface area contributed by atoms with Crippen LogP contribution in [0.1, 0.15) is 35.6 Å². The van der Waals surface area contributed by atoms with Crippen LogP contribution in [0.4, 0.5) is 0 Å². The molecule has 4 heterocycles. The molecule has 1 fully saturated rings. The number of hydrogen-bond donors (Lipinski definition) is 0. The third-order valence-corrected chi connectivity index (χ3v) is 6.25. The molecule has 32 heavy (non-hydrogen) atoms. The van der Waals surface area contributed by atoms with E-state index in [2.05, 4.69) is 27.8 Å². The number of amides is 2. The average molecular weight is 500 g/mol. The number of aromatic nitrogens is 3. The summed E-state index contributed by atoms with van der Waals surface area (Å²) < 4.78 is 8.17. The molecular formula is C23H26BrN5O3. The number of aryl methyl sites for hydroxylation is 1. The predicted octanol–water partition coefficient (Wildman–Crippen LogP) is 3.17. The van der Waals surface area contributed by atoms with Crippen LogP contribution in [-0.2, 0) is 22.6 Å². The highest BCUT2D eigenvalue weighted by Crippen LogP contribution is 2.33.